The molecule has 0 saturated carbocycles. The minimum Gasteiger partial charge on any atom is -0.476 e. The van der Waals surface area contributed by atoms with E-state index in [2.05, 4.69) is 32.4 Å². The Hall–Kier alpha value is -3.60. The highest BCUT2D eigenvalue weighted by Gasteiger charge is 2.16. The summed E-state index contributed by atoms with van der Waals surface area (Å²) in [6.45, 7) is 0. The van der Waals surface area contributed by atoms with Gasteiger partial charge in [-0.05, 0) is 36.3 Å². The maximum Gasteiger partial charge on any atom is 0.362 e. The van der Waals surface area contributed by atoms with Gasteiger partial charge in [-0.3, -0.25) is 4.68 Å². The molecule has 0 aliphatic rings. The van der Waals surface area contributed by atoms with Crippen molar-refractivity contribution in [3.8, 4) is 23.5 Å². The molecule has 114 valence electrons. The summed E-state index contributed by atoms with van der Waals surface area (Å²) in [5, 5.41) is 22.2. The van der Waals surface area contributed by atoms with E-state index in [4.69, 9.17) is 9.84 Å². The summed E-state index contributed by atoms with van der Waals surface area (Å²) in [6.07, 6.45) is 1.68. The second kappa shape index (κ2) is 6.03. The minimum absolute atomic E-state index is 0.0220. The van der Waals surface area contributed by atoms with E-state index in [1.165, 1.54) is 0 Å². The molecule has 0 bridgehead atoms. The summed E-state index contributed by atoms with van der Waals surface area (Å²) in [5.41, 5.74) is 1.32. The number of carboxylic acids is 1. The van der Waals surface area contributed by atoms with E-state index in [0.717, 1.165) is 11.3 Å². The molecule has 1 aromatic carbocycles. The maximum atomic E-state index is 10.9. The van der Waals surface area contributed by atoms with Crippen molar-refractivity contribution >= 4 is 5.97 Å². The third kappa shape index (κ3) is 3.19. The molecule has 0 atom stereocenters. The fourth-order valence-corrected chi connectivity index (χ4v) is 1.79. The highest BCUT2D eigenvalue weighted by molar-refractivity contribution is 5.87. The SMILES string of the molecule is Cn1nccc1C#Cc1ccc(Oc2[nH]nnc2C(=O)O)cc1. The number of nitrogens with one attached hydrogen (secondary N) is 1. The van der Waals surface area contributed by atoms with Crippen molar-refractivity contribution in [3.63, 3.8) is 0 Å². The zero-order chi connectivity index (χ0) is 16.2. The van der Waals surface area contributed by atoms with Crippen LogP contribution in [0.3, 0.4) is 0 Å². The number of H-pyrrole nitrogens is 1. The Balaban J connectivity index is 1.75. The molecule has 0 amide bonds. The van der Waals surface area contributed by atoms with Crippen LogP contribution in [-0.2, 0) is 7.05 Å². The first-order chi connectivity index (χ1) is 11.1. The van der Waals surface area contributed by atoms with Crippen molar-refractivity contribution in [3.05, 3.63) is 53.5 Å². The quantitative estimate of drug-likeness (QED) is 0.709. The number of carboxylic acid groups (broad SMARTS) is 1. The molecule has 0 spiro atoms. The fourth-order valence-electron chi connectivity index (χ4n) is 1.79. The van der Waals surface area contributed by atoms with E-state index in [-0.39, 0.29) is 11.6 Å². The number of rotatable bonds is 3. The largest absolute Gasteiger partial charge is 0.476 e. The van der Waals surface area contributed by atoms with Gasteiger partial charge in [0.2, 0.25) is 5.69 Å². The van der Waals surface area contributed by atoms with Crippen LogP contribution < -0.4 is 4.74 Å². The lowest BCUT2D eigenvalue weighted by atomic mass is 10.2. The number of aromatic carboxylic acids is 1. The summed E-state index contributed by atoms with van der Waals surface area (Å²) < 4.78 is 7.10. The molecule has 23 heavy (non-hydrogen) atoms. The molecule has 0 radical (unpaired) electrons. The predicted molar refractivity (Wildman–Crippen MR) is 79.0 cm³/mol. The van der Waals surface area contributed by atoms with Crippen LogP contribution in [0.2, 0.25) is 0 Å². The molecule has 2 heterocycles. The first-order valence-electron chi connectivity index (χ1n) is 6.56. The second-order valence-electron chi connectivity index (χ2n) is 4.51. The molecule has 0 fully saturated rings. The summed E-state index contributed by atoms with van der Waals surface area (Å²) >= 11 is 0. The molecular formula is C15H11N5O3. The van der Waals surface area contributed by atoms with Gasteiger partial charge >= 0.3 is 5.97 Å². The van der Waals surface area contributed by atoms with E-state index in [1.807, 2.05) is 13.1 Å². The first kappa shape index (κ1) is 14.3. The minimum atomic E-state index is -1.22. The lowest BCUT2D eigenvalue weighted by molar-refractivity contribution is 0.0687. The highest BCUT2D eigenvalue weighted by atomic mass is 16.5. The lowest BCUT2D eigenvalue weighted by Gasteiger charge is -2.02. The van der Waals surface area contributed by atoms with Crippen molar-refractivity contribution < 1.29 is 14.6 Å². The average Bonchev–Trinajstić information content (AvgIpc) is 3.16. The molecule has 3 rings (SSSR count). The van der Waals surface area contributed by atoms with Crippen LogP contribution in [-0.4, -0.2) is 36.3 Å². The Bertz CT molecular complexity index is 899. The number of benzene rings is 1. The van der Waals surface area contributed by atoms with Gasteiger partial charge in [0.1, 0.15) is 11.4 Å². The van der Waals surface area contributed by atoms with Gasteiger partial charge in [-0.1, -0.05) is 11.1 Å². The van der Waals surface area contributed by atoms with Gasteiger partial charge in [-0.2, -0.15) is 5.10 Å². The lowest BCUT2D eigenvalue weighted by Crippen LogP contribution is -1.99. The van der Waals surface area contributed by atoms with Gasteiger partial charge in [0.25, 0.3) is 5.88 Å². The number of nitrogens with zero attached hydrogens (tertiary/aromatic N) is 4. The third-order valence-corrected chi connectivity index (χ3v) is 2.95. The van der Waals surface area contributed by atoms with Gasteiger partial charge in [-0.25, -0.2) is 9.89 Å². The van der Waals surface area contributed by atoms with Crippen LogP contribution in [0.25, 0.3) is 0 Å². The van der Waals surface area contributed by atoms with Crippen molar-refractivity contribution in [2.45, 2.75) is 0 Å². The summed E-state index contributed by atoms with van der Waals surface area (Å²) in [5.74, 6) is 5.23. The third-order valence-electron chi connectivity index (χ3n) is 2.95. The Labute approximate surface area is 130 Å². The normalized spacial score (nSPS) is 9.96. The summed E-state index contributed by atoms with van der Waals surface area (Å²) in [7, 11) is 1.82. The van der Waals surface area contributed by atoms with Crippen LogP contribution in [0.15, 0.2) is 36.5 Å². The molecule has 0 aliphatic heterocycles. The number of carbonyl (C=O) groups is 1. The molecule has 2 N–H and O–H groups in total. The van der Waals surface area contributed by atoms with E-state index in [0.29, 0.717) is 5.75 Å². The number of aromatic amines is 1. The van der Waals surface area contributed by atoms with Gasteiger partial charge in [-0.15, -0.1) is 5.10 Å². The Kier molecular flexibility index (Phi) is 3.76. The van der Waals surface area contributed by atoms with Crippen molar-refractivity contribution in [2.75, 3.05) is 0 Å². The smallest absolute Gasteiger partial charge is 0.362 e. The summed E-state index contributed by atoms with van der Waals surface area (Å²) in [4.78, 5) is 10.9. The number of hydrogen-bond acceptors (Lipinski definition) is 5. The Morgan fingerprint density at radius 1 is 1.26 bits per heavy atom. The Morgan fingerprint density at radius 3 is 2.70 bits per heavy atom. The van der Waals surface area contributed by atoms with Crippen LogP contribution in [0.5, 0.6) is 11.6 Å². The van der Waals surface area contributed by atoms with Crippen LogP contribution in [0.4, 0.5) is 0 Å². The zero-order valence-corrected chi connectivity index (χ0v) is 12.0. The number of aromatic nitrogens is 5. The van der Waals surface area contributed by atoms with Gasteiger partial charge in [0, 0.05) is 12.6 Å². The average molecular weight is 309 g/mol. The zero-order valence-electron chi connectivity index (χ0n) is 12.0. The first-order valence-corrected chi connectivity index (χ1v) is 6.56. The fraction of sp³-hybridized carbons (Fsp3) is 0.0667. The topological polar surface area (TPSA) is 106 Å². The molecule has 2 aromatic heterocycles. The standard InChI is InChI=1S/C15H11N5O3/c1-20-11(8-9-16-20)5-2-10-3-6-12(7-4-10)23-14-13(15(21)22)17-19-18-14/h3-4,6-9H,1H3,(H,21,22)(H,17,18,19). The monoisotopic (exact) mass is 309 g/mol. The molecule has 8 nitrogen and oxygen atoms in total. The van der Waals surface area contributed by atoms with E-state index >= 15 is 0 Å². The van der Waals surface area contributed by atoms with Crippen LogP contribution in [0.1, 0.15) is 21.7 Å². The van der Waals surface area contributed by atoms with E-state index in [1.54, 1.807) is 35.1 Å². The number of ether oxygens (including phenoxy) is 1. The molecule has 0 unspecified atom stereocenters. The summed E-state index contributed by atoms with van der Waals surface area (Å²) in [6, 6.07) is 8.72. The van der Waals surface area contributed by atoms with E-state index < -0.39 is 5.97 Å². The number of hydrogen-bond donors (Lipinski definition) is 2. The number of aryl methyl sites for hydroxylation is 1. The van der Waals surface area contributed by atoms with E-state index in [9.17, 15) is 4.79 Å². The van der Waals surface area contributed by atoms with Crippen LogP contribution >= 0.6 is 0 Å². The van der Waals surface area contributed by atoms with Crippen molar-refractivity contribution in [1.82, 2.24) is 25.2 Å². The van der Waals surface area contributed by atoms with Crippen molar-refractivity contribution in [1.29, 1.82) is 0 Å². The van der Waals surface area contributed by atoms with Gasteiger partial charge in [0.15, 0.2) is 0 Å². The highest BCUT2D eigenvalue weighted by Crippen LogP contribution is 2.21. The Morgan fingerprint density at radius 2 is 2.04 bits per heavy atom. The molecule has 8 heteroatoms. The molecule has 3 aromatic rings. The predicted octanol–water partition coefficient (Wildman–Crippen LogP) is 1.43. The van der Waals surface area contributed by atoms with Gasteiger partial charge < -0.3 is 9.84 Å². The molecule has 0 aliphatic carbocycles. The van der Waals surface area contributed by atoms with Crippen molar-refractivity contribution in [2.24, 2.45) is 7.05 Å². The maximum absolute atomic E-state index is 10.9. The van der Waals surface area contributed by atoms with Gasteiger partial charge in [0.05, 0.1) is 6.20 Å². The molecular weight excluding hydrogens is 298 g/mol. The molecule has 0 saturated heterocycles. The van der Waals surface area contributed by atoms with Crippen LogP contribution in [0, 0.1) is 11.8 Å². The second-order valence-corrected chi connectivity index (χ2v) is 4.51.